The summed E-state index contributed by atoms with van der Waals surface area (Å²) in [4.78, 5) is 28.4. The van der Waals surface area contributed by atoms with E-state index in [0.717, 1.165) is 89.5 Å². The number of ether oxygens (including phenoxy) is 4. The molecule has 0 aliphatic carbocycles. The molecular weight excluding hydrogens is 536 g/mol. The molecular formula is C32H40N4O6. The van der Waals surface area contributed by atoms with Crippen LogP contribution in [-0.2, 0) is 31.8 Å². The number of fused-ring (bicyclic) bond motifs is 4. The number of rotatable bonds is 2. The molecule has 2 N–H and O–H groups in total. The number of morpholine rings is 2. The Kier molecular flexibility index (Phi) is 8.25. The molecule has 0 spiro atoms. The standard InChI is InChI=1S/2C16H20N2O3/c2*19-16-14-2-1-12(7-11(14)3-6-20-16)15-9-18-5-4-17-8-13(18)10-21-15/h2*1-2,7,13,15,17H,3-6,8-10H2/t2*13-,15-/m10/s1. The Bertz CT molecular complexity index is 1220. The van der Waals surface area contributed by atoms with E-state index in [0.29, 0.717) is 36.4 Å². The summed E-state index contributed by atoms with van der Waals surface area (Å²) < 4.78 is 22.3. The molecule has 4 saturated heterocycles. The first-order valence-corrected chi connectivity index (χ1v) is 15.3. The van der Waals surface area contributed by atoms with Gasteiger partial charge in [-0.25, -0.2) is 9.59 Å². The molecule has 0 saturated carbocycles. The SMILES string of the molecule is O=C1OCCc2cc([C@@H]3CN4CCNC[C@H]4CO3)ccc21.O=C1OCCc2cc([C@H]3CN4CCNC[C@@H]4CO3)ccc21. The predicted molar refractivity (Wildman–Crippen MR) is 155 cm³/mol. The minimum absolute atomic E-state index is 0.114. The Hall–Kier alpha value is -2.86. The molecule has 0 bridgehead atoms. The van der Waals surface area contributed by atoms with Crippen molar-refractivity contribution in [2.45, 2.75) is 37.1 Å². The highest BCUT2D eigenvalue weighted by atomic mass is 16.5. The van der Waals surface area contributed by atoms with Crippen LogP contribution in [0.4, 0.5) is 0 Å². The van der Waals surface area contributed by atoms with Gasteiger partial charge in [-0.15, -0.1) is 0 Å². The largest absolute Gasteiger partial charge is 0.462 e. The maximum Gasteiger partial charge on any atom is 0.338 e. The van der Waals surface area contributed by atoms with Gasteiger partial charge < -0.3 is 29.6 Å². The minimum Gasteiger partial charge on any atom is -0.462 e. The quantitative estimate of drug-likeness (QED) is 0.512. The van der Waals surface area contributed by atoms with E-state index in [4.69, 9.17) is 18.9 Å². The minimum atomic E-state index is -0.200. The lowest BCUT2D eigenvalue weighted by molar-refractivity contribution is -0.0718. The van der Waals surface area contributed by atoms with Gasteiger partial charge in [0.25, 0.3) is 0 Å². The van der Waals surface area contributed by atoms with Crippen LogP contribution >= 0.6 is 0 Å². The zero-order valence-corrected chi connectivity index (χ0v) is 24.0. The summed E-state index contributed by atoms with van der Waals surface area (Å²) in [5.74, 6) is -0.399. The van der Waals surface area contributed by atoms with Gasteiger partial charge >= 0.3 is 11.9 Å². The summed E-state index contributed by atoms with van der Waals surface area (Å²) in [7, 11) is 0. The number of carbonyl (C=O) groups excluding carboxylic acids is 2. The van der Waals surface area contributed by atoms with Gasteiger partial charge in [0, 0.05) is 77.3 Å². The summed E-state index contributed by atoms with van der Waals surface area (Å²) in [6.45, 7) is 10.7. The summed E-state index contributed by atoms with van der Waals surface area (Å²) >= 11 is 0. The van der Waals surface area contributed by atoms with Crippen LogP contribution in [0.3, 0.4) is 0 Å². The zero-order valence-electron chi connectivity index (χ0n) is 24.0. The molecule has 0 radical (unpaired) electrons. The van der Waals surface area contributed by atoms with Crippen LogP contribution in [0.15, 0.2) is 36.4 Å². The highest BCUT2D eigenvalue weighted by molar-refractivity contribution is 5.92. The van der Waals surface area contributed by atoms with E-state index >= 15 is 0 Å². The fourth-order valence-corrected chi connectivity index (χ4v) is 6.91. The summed E-state index contributed by atoms with van der Waals surface area (Å²) in [6.07, 6.45) is 1.83. The van der Waals surface area contributed by atoms with Crippen molar-refractivity contribution in [3.05, 3.63) is 69.8 Å². The van der Waals surface area contributed by atoms with Gasteiger partial charge in [-0.05, 0) is 34.4 Å². The van der Waals surface area contributed by atoms with Crippen molar-refractivity contribution in [1.82, 2.24) is 20.4 Å². The van der Waals surface area contributed by atoms with Crippen LogP contribution in [0.5, 0.6) is 0 Å². The van der Waals surface area contributed by atoms with E-state index < -0.39 is 0 Å². The Morgan fingerprint density at radius 2 is 1.14 bits per heavy atom. The Morgan fingerprint density at radius 3 is 1.62 bits per heavy atom. The van der Waals surface area contributed by atoms with E-state index in [1.807, 2.05) is 24.3 Å². The molecule has 0 aromatic heterocycles. The third-order valence-electron chi connectivity index (χ3n) is 9.38. The second-order valence-corrected chi connectivity index (χ2v) is 12.0. The van der Waals surface area contributed by atoms with Crippen molar-refractivity contribution in [3.63, 3.8) is 0 Å². The molecule has 8 rings (SSSR count). The van der Waals surface area contributed by atoms with Gasteiger partial charge in [0.15, 0.2) is 0 Å². The molecule has 2 aromatic carbocycles. The van der Waals surface area contributed by atoms with E-state index in [2.05, 4.69) is 32.6 Å². The molecule has 0 unspecified atom stereocenters. The van der Waals surface area contributed by atoms with Crippen LogP contribution in [0.2, 0.25) is 0 Å². The van der Waals surface area contributed by atoms with E-state index in [9.17, 15) is 9.59 Å². The monoisotopic (exact) mass is 576 g/mol. The molecule has 6 heterocycles. The number of nitrogens with zero attached hydrogens (tertiary/aromatic N) is 2. The van der Waals surface area contributed by atoms with Crippen LogP contribution in [-0.4, -0.2) is 113 Å². The molecule has 4 atom stereocenters. The third-order valence-corrected chi connectivity index (χ3v) is 9.38. The predicted octanol–water partition coefficient (Wildman–Crippen LogP) is 1.49. The lowest BCUT2D eigenvalue weighted by Gasteiger charge is -2.42. The van der Waals surface area contributed by atoms with E-state index in [-0.39, 0.29) is 24.1 Å². The third kappa shape index (κ3) is 5.84. The Labute approximate surface area is 246 Å². The molecule has 0 amide bonds. The topological polar surface area (TPSA) is 102 Å². The maximum atomic E-state index is 11.7. The molecule has 6 aliphatic rings. The molecule has 4 fully saturated rings. The van der Waals surface area contributed by atoms with Gasteiger partial charge in [-0.1, -0.05) is 24.3 Å². The van der Waals surface area contributed by atoms with E-state index in [1.165, 1.54) is 11.1 Å². The average molecular weight is 577 g/mol. The van der Waals surface area contributed by atoms with E-state index in [1.54, 1.807) is 0 Å². The molecule has 6 aliphatic heterocycles. The highest BCUT2D eigenvalue weighted by Gasteiger charge is 2.33. The number of esters is 2. The molecule has 2 aromatic rings. The van der Waals surface area contributed by atoms with Crippen LogP contribution < -0.4 is 10.6 Å². The first kappa shape index (κ1) is 27.9. The van der Waals surface area contributed by atoms with Gasteiger partial charge in [-0.2, -0.15) is 0 Å². The molecule has 10 nitrogen and oxygen atoms in total. The van der Waals surface area contributed by atoms with Gasteiger partial charge in [0.2, 0.25) is 0 Å². The number of nitrogens with one attached hydrogen (secondary N) is 2. The zero-order chi connectivity index (χ0) is 28.5. The van der Waals surface area contributed by atoms with Crippen molar-refractivity contribution in [3.8, 4) is 0 Å². The molecule has 42 heavy (non-hydrogen) atoms. The Morgan fingerprint density at radius 1 is 0.667 bits per heavy atom. The van der Waals surface area contributed by atoms with Gasteiger partial charge in [0.1, 0.15) is 0 Å². The van der Waals surface area contributed by atoms with Crippen molar-refractivity contribution in [2.24, 2.45) is 0 Å². The lowest BCUT2D eigenvalue weighted by Crippen LogP contribution is -2.57. The van der Waals surface area contributed by atoms with Crippen LogP contribution in [0, 0.1) is 0 Å². The number of hydrogen-bond acceptors (Lipinski definition) is 10. The number of benzene rings is 2. The normalized spacial score (nSPS) is 29.4. The summed E-state index contributed by atoms with van der Waals surface area (Å²) in [5, 5.41) is 6.82. The van der Waals surface area contributed by atoms with Crippen LogP contribution in [0.25, 0.3) is 0 Å². The highest BCUT2D eigenvalue weighted by Crippen LogP contribution is 2.30. The average Bonchev–Trinajstić information content (AvgIpc) is 3.04. The van der Waals surface area contributed by atoms with Gasteiger partial charge in [-0.3, -0.25) is 9.80 Å². The smallest absolute Gasteiger partial charge is 0.338 e. The fraction of sp³-hybridized carbons (Fsp3) is 0.562. The van der Waals surface area contributed by atoms with Crippen molar-refractivity contribution in [2.75, 3.05) is 78.8 Å². The number of hydrogen-bond donors (Lipinski definition) is 2. The number of piperazine rings is 2. The second-order valence-electron chi connectivity index (χ2n) is 12.0. The van der Waals surface area contributed by atoms with Gasteiger partial charge in [0.05, 0.1) is 49.8 Å². The Balaban J connectivity index is 0.000000137. The van der Waals surface area contributed by atoms with Crippen molar-refractivity contribution in [1.29, 1.82) is 0 Å². The number of cyclic esters (lactones) is 2. The maximum absolute atomic E-state index is 11.7. The summed E-state index contributed by atoms with van der Waals surface area (Å²) in [5.41, 5.74) is 5.96. The first-order valence-electron chi connectivity index (χ1n) is 15.3. The second kappa shape index (κ2) is 12.4. The molecule has 224 valence electrons. The van der Waals surface area contributed by atoms with Crippen molar-refractivity contribution >= 4 is 11.9 Å². The number of carbonyl (C=O) groups is 2. The van der Waals surface area contributed by atoms with Crippen molar-refractivity contribution < 1.29 is 28.5 Å². The first-order chi connectivity index (χ1) is 20.6. The summed E-state index contributed by atoms with van der Waals surface area (Å²) in [6, 6.07) is 13.1. The van der Waals surface area contributed by atoms with Crippen LogP contribution in [0.1, 0.15) is 55.2 Å². The lowest BCUT2D eigenvalue weighted by atomic mass is 9.96. The fourth-order valence-electron chi connectivity index (χ4n) is 6.91. The molecule has 10 heteroatoms.